The first kappa shape index (κ1) is 23.3. The molecule has 0 radical (unpaired) electrons. The Kier molecular flexibility index (Phi) is 7.65. The number of hydrogen-bond donors (Lipinski definition) is 0. The van der Waals surface area contributed by atoms with E-state index in [1.165, 1.54) is 0 Å². The van der Waals surface area contributed by atoms with Crippen LogP contribution in [0.5, 0.6) is 5.75 Å². The average molecular weight is 455 g/mol. The average Bonchev–Trinajstić information content (AvgIpc) is 3.35. The smallest absolute Gasteiger partial charge is 0.257 e. The van der Waals surface area contributed by atoms with Crippen molar-refractivity contribution in [2.45, 2.75) is 38.6 Å². The van der Waals surface area contributed by atoms with Crippen molar-refractivity contribution in [2.75, 3.05) is 46.5 Å². The van der Waals surface area contributed by atoms with Crippen LogP contribution in [0.15, 0.2) is 43.0 Å². The number of ether oxygens (including phenoxy) is 2. The first-order chi connectivity index (χ1) is 16.1. The monoisotopic (exact) mass is 454 g/mol. The molecule has 178 valence electrons. The van der Waals surface area contributed by atoms with Gasteiger partial charge in [0.05, 0.1) is 25.1 Å². The van der Waals surface area contributed by atoms with Gasteiger partial charge < -0.3 is 23.8 Å². The van der Waals surface area contributed by atoms with E-state index in [1.807, 2.05) is 39.9 Å². The Morgan fingerprint density at radius 2 is 1.91 bits per heavy atom. The maximum atomic E-state index is 13.0. The highest BCUT2D eigenvalue weighted by atomic mass is 16.5. The van der Waals surface area contributed by atoms with E-state index >= 15 is 0 Å². The summed E-state index contributed by atoms with van der Waals surface area (Å²) in [4.78, 5) is 33.4. The van der Waals surface area contributed by atoms with Gasteiger partial charge in [0.15, 0.2) is 0 Å². The summed E-state index contributed by atoms with van der Waals surface area (Å²) in [6, 6.07) is 7.47. The molecule has 1 spiro atoms. The van der Waals surface area contributed by atoms with E-state index in [-0.39, 0.29) is 17.2 Å². The van der Waals surface area contributed by atoms with Crippen molar-refractivity contribution in [3.8, 4) is 5.75 Å². The Morgan fingerprint density at radius 1 is 1.09 bits per heavy atom. The Morgan fingerprint density at radius 3 is 2.70 bits per heavy atom. The van der Waals surface area contributed by atoms with Crippen molar-refractivity contribution < 1.29 is 19.1 Å². The van der Waals surface area contributed by atoms with Crippen molar-refractivity contribution in [3.63, 3.8) is 0 Å². The molecule has 2 amide bonds. The Labute approximate surface area is 195 Å². The molecule has 0 saturated carbocycles. The molecule has 1 fully saturated rings. The molecular weight excluding hydrogens is 420 g/mol. The molecular formula is C25H34N4O4. The molecule has 0 aliphatic carbocycles. The number of aromatic nitrogens is 2. The van der Waals surface area contributed by atoms with Gasteiger partial charge in [-0.25, -0.2) is 4.98 Å². The highest BCUT2D eigenvalue weighted by Crippen LogP contribution is 2.38. The van der Waals surface area contributed by atoms with E-state index in [2.05, 4.69) is 4.98 Å². The number of carbonyl (C=O) groups excluding carboxylic acids is 2. The van der Waals surface area contributed by atoms with Crippen molar-refractivity contribution in [2.24, 2.45) is 5.41 Å². The summed E-state index contributed by atoms with van der Waals surface area (Å²) < 4.78 is 13.9. The molecule has 1 saturated heterocycles. The highest BCUT2D eigenvalue weighted by molar-refractivity contribution is 5.96. The molecule has 3 heterocycles. The first-order valence-corrected chi connectivity index (χ1v) is 11.8. The normalized spacial score (nSPS) is 20.1. The molecule has 0 bridgehead atoms. The Bertz CT molecular complexity index is 922. The van der Waals surface area contributed by atoms with Gasteiger partial charge in [-0.15, -0.1) is 0 Å². The fourth-order valence-corrected chi connectivity index (χ4v) is 4.65. The molecule has 2 aromatic rings. The molecule has 1 aromatic carbocycles. The van der Waals surface area contributed by atoms with Gasteiger partial charge in [-0.3, -0.25) is 9.59 Å². The predicted octanol–water partition coefficient (Wildman–Crippen LogP) is 2.84. The third kappa shape index (κ3) is 5.93. The van der Waals surface area contributed by atoms with Crippen LogP contribution in [-0.2, 0) is 16.1 Å². The van der Waals surface area contributed by atoms with Gasteiger partial charge in [0.1, 0.15) is 12.3 Å². The van der Waals surface area contributed by atoms with Crippen LogP contribution in [0.2, 0.25) is 0 Å². The Balaban J connectivity index is 1.45. The molecule has 0 unspecified atom stereocenters. The fraction of sp³-hybridized carbons (Fsp3) is 0.560. The lowest BCUT2D eigenvalue weighted by molar-refractivity contribution is -0.134. The third-order valence-corrected chi connectivity index (χ3v) is 6.87. The zero-order valence-corrected chi connectivity index (χ0v) is 19.4. The third-order valence-electron chi connectivity index (χ3n) is 6.87. The molecule has 8 heteroatoms. The maximum absolute atomic E-state index is 13.0. The van der Waals surface area contributed by atoms with Crippen LogP contribution in [-0.4, -0.2) is 77.7 Å². The summed E-state index contributed by atoms with van der Waals surface area (Å²) in [5.74, 6) is 0.697. The number of piperidine rings is 1. The summed E-state index contributed by atoms with van der Waals surface area (Å²) in [6.07, 6.45) is 10.0. The van der Waals surface area contributed by atoms with Crippen LogP contribution in [0.4, 0.5) is 0 Å². The van der Waals surface area contributed by atoms with Crippen molar-refractivity contribution in [3.05, 3.63) is 48.5 Å². The number of fused-ring (bicyclic) bond motifs is 1. The number of para-hydroxylation sites is 1. The number of benzene rings is 1. The number of rotatable bonds is 2. The second-order valence-electron chi connectivity index (χ2n) is 9.20. The van der Waals surface area contributed by atoms with Crippen molar-refractivity contribution in [1.82, 2.24) is 19.4 Å². The van der Waals surface area contributed by atoms with Crippen LogP contribution in [0.25, 0.3) is 0 Å². The lowest BCUT2D eigenvalue weighted by Gasteiger charge is -2.42. The number of hydrogen-bond acceptors (Lipinski definition) is 5. The minimum atomic E-state index is -0.0553. The van der Waals surface area contributed by atoms with Crippen LogP contribution < -0.4 is 4.74 Å². The number of imidazole rings is 1. The minimum Gasteiger partial charge on any atom is -0.492 e. The van der Waals surface area contributed by atoms with Crippen molar-refractivity contribution in [1.29, 1.82) is 0 Å². The fourth-order valence-electron chi connectivity index (χ4n) is 4.65. The van der Waals surface area contributed by atoms with Crippen LogP contribution >= 0.6 is 0 Å². The van der Waals surface area contributed by atoms with Gasteiger partial charge >= 0.3 is 0 Å². The summed E-state index contributed by atoms with van der Waals surface area (Å²) in [7, 11) is 1.80. The van der Waals surface area contributed by atoms with Crippen LogP contribution in [0.3, 0.4) is 0 Å². The summed E-state index contributed by atoms with van der Waals surface area (Å²) in [5.41, 5.74) is 0.568. The number of likely N-dealkylation sites (N-methyl/N-ethyl adjacent to an activating group) is 1. The van der Waals surface area contributed by atoms with Crippen LogP contribution in [0, 0.1) is 5.41 Å². The van der Waals surface area contributed by atoms with E-state index in [0.29, 0.717) is 44.2 Å². The van der Waals surface area contributed by atoms with E-state index in [4.69, 9.17) is 9.47 Å². The summed E-state index contributed by atoms with van der Waals surface area (Å²) in [6.45, 7) is 4.10. The van der Waals surface area contributed by atoms with E-state index in [9.17, 15) is 9.59 Å². The van der Waals surface area contributed by atoms with Gasteiger partial charge in [0.25, 0.3) is 5.91 Å². The molecule has 1 aromatic heterocycles. The molecule has 2 aliphatic heterocycles. The SMILES string of the molecule is CN1CCOCCCCC2(CCN(C(=O)Cn3ccnc3)CC2)COc2ccccc2C1=O. The summed E-state index contributed by atoms with van der Waals surface area (Å²) in [5, 5.41) is 0. The molecule has 2 aliphatic rings. The largest absolute Gasteiger partial charge is 0.492 e. The van der Waals surface area contributed by atoms with E-state index < -0.39 is 0 Å². The molecule has 8 nitrogen and oxygen atoms in total. The summed E-state index contributed by atoms with van der Waals surface area (Å²) >= 11 is 0. The lowest BCUT2D eigenvalue weighted by Crippen LogP contribution is -2.46. The van der Waals surface area contributed by atoms with Crippen LogP contribution in [0.1, 0.15) is 42.5 Å². The standard InChI is InChI=1S/C25H34N4O4/c1-27-15-17-32-16-5-4-8-25(19-33-22-7-3-2-6-21(22)24(27)31)9-12-29(13-10-25)23(30)18-28-14-11-26-20-28/h2-3,6-7,11,14,20H,4-5,8-10,12-13,15-19H2,1H3. The maximum Gasteiger partial charge on any atom is 0.257 e. The van der Waals surface area contributed by atoms with Gasteiger partial charge in [0.2, 0.25) is 5.91 Å². The number of carbonyl (C=O) groups is 2. The lowest BCUT2D eigenvalue weighted by atomic mass is 9.75. The predicted molar refractivity (Wildman–Crippen MR) is 124 cm³/mol. The van der Waals surface area contributed by atoms with Gasteiger partial charge in [-0.2, -0.15) is 0 Å². The first-order valence-electron chi connectivity index (χ1n) is 11.8. The minimum absolute atomic E-state index is 0.0159. The second kappa shape index (κ2) is 10.8. The van der Waals surface area contributed by atoms with E-state index in [1.54, 1.807) is 24.5 Å². The van der Waals surface area contributed by atoms with Crippen molar-refractivity contribution >= 4 is 11.8 Å². The zero-order chi connectivity index (χ0) is 23.1. The molecule has 4 rings (SSSR count). The molecule has 0 atom stereocenters. The van der Waals surface area contributed by atoms with Gasteiger partial charge in [0, 0.05) is 51.1 Å². The molecule has 33 heavy (non-hydrogen) atoms. The van der Waals surface area contributed by atoms with E-state index in [0.717, 1.165) is 45.2 Å². The highest BCUT2D eigenvalue weighted by Gasteiger charge is 2.36. The van der Waals surface area contributed by atoms with Gasteiger partial charge in [-0.05, 0) is 37.8 Å². The quantitative estimate of drug-likeness (QED) is 0.698. The molecule has 0 N–H and O–H groups in total. The Hall–Kier alpha value is -2.87. The number of nitrogens with zero attached hydrogens (tertiary/aromatic N) is 4. The van der Waals surface area contributed by atoms with Gasteiger partial charge in [-0.1, -0.05) is 18.6 Å². The topological polar surface area (TPSA) is 76.9 Å². The second-order valence-corrected chi connectivity index (χ2v) is 9.20. The number of likely N-dealkylation sites (tertiary alicyclic amines) is 1. The number of amides is 2. The zero-order valence-electron chi connectivity index (χ0n) is 19.4.